The molecule has 1 aliphatic carbocycles. The van der Waals surface area contributed by atoms with Gasteiger partial charge in [-0.15, -0.1) is 0 Å². The smallest absolute Gasteiger partial charge is 0.257 e. The predicted molar refractivity (Wildman–Crippen MR) is 128 cm³/mol. The van der Waals surface area contributed by atoms with Gasteiger partial charge in [-0.25, -0.2) is 4.98 Å². The number of likely N-dealkylation sites (tertiary alicyclic amines) is 1. The van der Waals surface area contributed by atoms with E-state index in [4.69, 9.17) is 4.74 Å². The van der Waals surface area contributed by atoms with Crippen LogP contribution in [-0.2, 0) is 4.79 Å². The van der Waals surface area contributed by atoms with E-state index < -0.39 is 0 Å². The first-order valence-electron chi connectivity index (χ1n) is 10.9. The average Bonchev–Trinajstić information content (AvgIpc) is 3.55. The topological polar surface area (TPSA) is 74.8 Å². The molecule has 0 unspecified atom stereocenters. The Morgan fingerprint density at radius 3 is 2.56 bits per heavy atom. The van der Waals surface area contributed by atoms with E-state index in [-0.39, 0.29) is 17.7 Å². The van der Waals surface area contributed by atoms with E-state index in [1.807, 2.05) is 24.0 Å². The molecule has 7 nitrogen and oxygen atoms in total. The Balaban J connectivity index is 1.49. The Kier molecular flexibility index (Phi) is 7.07. The van der Waals surface area contributed by atoms with Crippen molar-refractivity contribution in [2.24, 2.45) is 5.92 Å². The van der Waals surface area contributed by atoms with E-state index in [1.165, 1.54) is 11.3 Å². The second-order valence-corrected chi connectivity index (χ2v) is 11.0. The van der Waals surface area contributed by atoms with Gasteiger partial charge >= 0.3 is 0 Å². The van der Waals surface area contributed by atoms with Crippen LogP contribution in [-0.4, -0.2) is 66.9 Å². The number of carbonyl (C=O) groups excluding carboxylic acids is 2. The van der Waals surface area contributed by atoms with Crippen LogP contribution >= 0.6 is 23.1 Å². The van der Waals surface area contributed by atoms with E-state index in [1.54, 1.807) is 25.1 Å². The third-order valence-electron chi connectivity index (χ3n) is 6.08. The average molecular weight is 475 g/mol. The molecule has 1 saturated heterocycles. The van der Waals surface area contributed by atoms with E-state index in [0.29, 0.717) is 22.5 Å². The van der Waals surface area contributed by atoms with Crippen LogP contribution in [0, 0.1) is 12.8 Å². The van der Waals surface area contributed by atoms with Crippen molar-refractivity contribution in [2.75, 3.05) is 39.6 Å². The van der Waals surface area contributed by atoms with Crippen LogP contribution in [0.4, 0.5) is 5.13 Å². The highest BCUT2D eigenvalue weighted by atomic mass is 32.2. The summed E-state index contributed by atoms with van der Waals surface area (Å²) in [5.41, 5.74) is 1.63. The molecule has 1 aromatic carbocycles. The first-order chi connectivity index (χ1) is 15.4. The van der Waals surface area contributed by atoms with Crippen molar-refractivity contribution in [3.05, 3.63) is 29.5 Å². The number of hydrogen-bond acceptors (Lipinski definition) is 7. The molecule has 1 aromatic heterocycles. The summed E-state index contributed by atoms with van der Waals surface area (Å²) < 4.78 is 6.52. The van der Waals surface area contributed by atoms with Crippen LogP contribution in [0.1, 0.15) is 41.6 Å². The van der Waals surface area contributed by atoms with Crippen molar-refractivity contribution in [1.82, 2.24) is 14.8 Å². The minimum absolute atomic E-state index is 0.0163. The maximum absolute atomic E-state index is 13.3. The molecule has 2 amide bonds. The van der Waals surface area contributed by atoms with Gasteiger partial charge < -0.3 is 19.9 Å². The van der Waals surface area contributed by atoms with E-state index in [9.17, 15) is 9.59 Å². The minimum Gasteiger partial charge on any atom is -0.496 e. The molecule has 0 bridgehead atoms. The van der Waals surface area contributed by atoms with Gasteiger partial charge in [0.15, 0.2) is 5.13 Å². The van der Waals surface area contributed by atoms with Gasteiger partial charge in [0, 0.05) is 29.9 Å². The Labute approximate surface area is 197 Å². The number of carbonyl (C=O) groups is 2. The normalized spacial score (nSPS) is 17.0. The summed E-state index contributed by atoms with van der Waals surface area (Å²) in [4.78, 5) is 34.8. The largest absolute Gasteiger partial charge is 0.496 e. The lowest BCUT2D eigenvalue weighted by molar-refractivity contribution is -0.117. The van der Waals surface area contributed by atoms with Crippen LogP contribution < -0.4 is 10.1 Å². The number of piperidine rings is 1. The highest BCUT2D eigenvalue weighted by Crippen LogP contribution is 2.39. The zero-order chi connectivity index (χ0) is 22.8. The summed E-state index contributed by atoms with van der Waals surface area (Å²) >= 11 is 3.01. The lowest BCUT2D eigenvalue weighted by atomic mass is 10.0. The van der Waals surface area contributed by atoms with Crippen LogP contribution in [0.3, 0.4) is 0 Å². The zero-order valence-electron chi connectivity index (χ0n) is 19.0. The molecule has 4 rings (SSSR count). The Bertz CT molecular complexity index is 995. The van der Waals surface area contributed by atoms with Crippen LogP contribution in [0.5, 0.6) is 5.75 Å². The van der Waals surface area contributed by atoms with Gasteiger partial charge in [-0.1, -0.05) is 23.1 Å². The number of aryl methyl sites for hydroxylation is 1. The maximum Gasteiger partial charge on any atom is 0.257 e. The number of anilines is 1. The van der Waals surface area contributed by atoms with Gasteiger partial charge in [-0.2, -0.15) is 0 Å². The van der Waals surface area contributed by atoms with Gasteiger partial charge in [0.25, 0.3) is 5.91 Å². The summed E-state index contributed by atoms with van der Waals surface area (Å²) in [7, 11) is 5.79. The van der Waals surface area contributed by atoms with Crippen molar-refractivity contribution >= 4 is 40.0 Å². The lowest BCUT2D eigenvalue weighted by Gasteiger charge is -2.35. The Morgan fingerprint density at radius 2 is 1.94 bits per heavy atom. The number of benzene rings is 1. The maximum atomic E-state index is 13.3. The van der Waals surface area contributed by atoms with Gasteiger partial charge in [-0.05, 0) is 64.4 Å². The number of thiazole rings is 1. The first-order valence-corrected chi connectivity index (χ1v) is 12.6. The summed E-state index contributed by atoms with van der Waals surface area (Å²) in [5, 5.41) is 3.52. The van der Waals surface area contributed by atoms with Gasteiger partial charge in [-0.3, -0.25) is 9.59 Å². The molecular formula is C23H30N4O3S2. The van der Waals surface area contributed by atoms with Crippen molar-refractivity contribution < 1.29 is 14.3 Å². The van der Waals surface area contributed by atoms with Gasteiger partial charge in [0.1, 0.15) is 5.75 Å². The molecular weight excluding hydrogens is 444 g/mol. The second kappa shape index (κ2) is 9.80. The fraction of sp³-hybridized carbons (Fsp3) is 0.522. The summed E-state index contributed by atoms with van der Waals surface area (Å²) in [5.74, 6) is 0.827. The first kappa shape index (κ1) is 23.1. The van der Waals surface area contributed by atoms with Crippen molar-refractivity contribution in [1.29, 1.82) is 0 Å². The van der Waals surface area contributed by atoms with Gasteiger partial charge in [0.2, 0.25) is 5.91 Å². The molecule has 172 valence electrons. The van der Waals surface area contributed by atoms with Crippen LogP contribution in [0.25, 0.3) is 0 Å². The third kappa shape index (κ3) is 5.27. The number of nitrogens with one attached hydrogen (secondary N) is 1. The zero-order valence-corrected chi connectivity index (χ0v) is 20.6. The van der Waals surface area contributed by atoms with Crippen LogP contribution in [0.2, 0.25) is 0 Å². The Hall–Kier alpha value is -2.10. The molecule has 0 radical (unpaired) electrons. The SMILES string of the molecule is COc1cc(C)c(Sc2cnc(NC(=O)C3CC3)s2)cc1C(=O)N1CCC(N(C)C)CC1. The number of amides is 2. The molecule has 9 heteroatoms. The molecule has 0 spiro atoms. The predicted octanol–water partition coefficient (Wildman–Crippen LogP) is 4.13. The molecule has 2 aliphatic rings. The molecule has 1 saturated carbocycles. The standard InChI is InChI=1S/C23H30N4O3S2/c1-14-11-18(30-4)17(22(29)27-9-7-16(8-10-27)26(2)3)12-19(14)31-20-13-24-23(32-20)25-21(28)15-5-6-15/h11-13,15-16H,5-10H2,1-4H3,(H,24,25,28). The molecule has 32 heavy (non-hydrogen) atoms. The lowest BCUT2D eigenvalue weighted by Crippen LogP contribution is -2.44. The number of ether oxygens (including phenoxy) is 1. The minimum atomic E-state index is 0.0163. The summed E-state index contributed by atoms with van der Waals surface area (Å²) in [6.45, 7) is 3.51. The summed E-state index contributed by atoms with van der Waals surface area (Å²) in [6.07, 6.45) is 5.66. The number of aromatic nitrogens is 1. The number of nitrogens with zero attached hydrogens (tertiary/aromatic N) is 3. The van der Waals surface area contributed by atoms with E-state index in [0.717, 1.165) is 53.4 Å². The fourth-order valence-electron chi connectivity index (χ4n) is 3.89. The molecule has 1 N–H and O–H groups in total. The monoisotopic (exact) mass is 474 g/mol. The van der Waals surface area contributed by atoms with E-state index >= 15 is 0 Å². The third-order valence-corrected chi connectivity index (χ3v) is 8.26. The number of methoxy groups -OCH3 is 1. The number of hydrogen-bond donors (Lipinski definition) is 1. The van der Waals surface area contributed by atoms with Crippen molar-refractivity contribution in [3.63, 3.8) is 0 Å². The van der Waals surface area contributed by atoms with Crippen LogP contribution in [0.15, 0.2) is 27.4 Å². The number of rotatable bonds is 7. The molecule has 2 heterocycles. The quantitative estimate of drug-likeness (QED) is 0.651. The fourth-order valence-corrected chi connectivity index (χ4v) is 5.83. The van der Waals surface area contributed by atoms with Crippen molar-refractivity contribution in [2.45, 2.75) is 47.8 Å². The van der Waals surface area contributed by atoms with E-state index in [2.05, 4.69) is 29.3 Å². The molecule has 0 atom stereocenters. The highest BCUT2D eigenvalue weighted by molar-refractivity contribution is 8.01. The van der Waals surface area contributed by atoms with Gasteiger partial charge in [0.05, 0.1) is 23.1 Å². The Morgan fingerprint density at radius 1 is 1.22 bits per heavy atom. The van der Waals surface area contributed by atoms with Crippen molar-refractivity contribution in [3.8, 4) is 5.75 Å². The second-order valence-electron chi connectivity index (χ2n) is 8.66. The highest BCUT2D eigenvalue weighted by Gasteiger charge is 2.30. The summed E-state index contributed by atoms with van der Waals surface area (Å²) in [6, 6.07) is 4.38. The molecule has 1 aliphatic heterocycles. The molecule has 2 aromatic rings. The molecule has 2 fully saturated rings.